The minimum absolute atomic E-state index is 0.103. The Hall–Kier alpha value is -3.20. The van der Waals surface area contributed by atoms with Crippen molar-refractivity contribution in [1.82, 2.24) is 9.47 Å². The van der Waals surface area contributed by atoms with Gasteiger partial charge in [-0.3, -0.25) is 9.69 Å². The first kappa shape index (κ1) is 20.1. The van der Waals surface area contributed by atoms with Gasteiger partial charge < -0.3 is 14.4 Å². The minimum Gasteiger partial charge on any atom is -0.481 e. The van der Waals surface area contributed by atoms with Crippen molar-refractivity contribution in [3.8, 4) is 11.8 Å². The molecule has 0 spiro atoms. The lowest BCUT2D eigenvalue weighted by atomic mass is 9.80. The van der Waals surface area contributed by atoms with Crippen LogP contribution < -0.4 is 0 Å². The highest BCUT2D eigenvalue weighted by Gasteiger charge is 2.41. The molecule has 2 aromatic rings. The fraction of sp³-hybridized carbons (Fsp3) is 0.417. The summed E-state index contributed by atoms with van der Waals surface area (Å²) < 4.78 is 7.74. The van der Waals surface area contributed by atoms with Gasteiger partial charge in [0.05, 0.1) is 18.5 Å². The van der Waals surface area contributed by atoms with E-state index >= 15 is 0 Å². The molecular formula is C24H26N2O4. The molecule has 1 aliphatic heterocycles. The van der Waals surface area contributed by atoms with E-state index in [1.807, 2.05) is 45.9 Å². The number of ether oxygens (including phenoxy) is 1. The number of fused-ring (bicyclic) bond motifs is 2. The zero-order valence-corrected chi connectivity index (χ0v) is 17.7. The van der Waals surface area contributed by atoms with Gasteiger partial charge in [-0.1, -0.05) is 24.1 Å². The van der Waals surface area contributed by atoms with E-state index in [4.69, 9.17) is 4.74 Å². The van der Waals surface area contributed by atoms with E-state index in [0.29, 0.717) is 13.0 Å². The van der Waals surface area contributed by atoms with Crippen molar-refractivity contribution in [1.29, 1.82) is 0 Å². The summed E-state index contributed by atoms with van der Waals surface area (Å²) in [6, 6.07) is 5.80. The maximum atomic E-state index is 13.0. The van der Waals surface area contributed by atoms with E-state index < -0.39 is 23.6 Å². The Balaban J connectivity index is 1.83. The first-order valence-corrected chi connectivity index (χ1v) is 10.1. The molecule has 2 heterocycles. The van der Waals surface area contributed by atoms with Crippen LogP contribution in [0.5, 0.6) is 0 Å². The molecular weight excluding hydrogens is 380 g/mol. The number of amides is 1. The van der Waals surface area contributed by atoms with Crippen molar-refractivity contribution in [3.63, 3.8) is 0 Å². The molecule has 0 fully saturated rings. The number of carboxylic acid groups (broad SMARTS) is 1. The average molecular weight is 406 g/mol. The molecule has 0 saturated heterocycles. The lowest BCUT2D eigenvalue weighted by molar-refractivity contribution is -0.140. The second-order valence-corrected chi connectivity index (χ2v) is 8.83. The van der Waals surface area contributed by atoms with Crippen LogP contribution in [0.2, 0.25) is 0 Å². The molecule has 4 rings (SSSR count). The number of carbonyl (C=O) groups excluding carboxylic acids is 1. The zero-order chi connectivity index (χ0) is 21.6. The molecule has 0 bridgehead atoms. The Bertz CT molecular complexity index is 1120. The lowest BCUT2D eigenvalue weighted by Gasteiger charge is -2.41. The predicted molar refractivity (Wildman–Crippen MR) is 115 cm³/mol. The Labute approximate surface area is 176 Å². The van der Waals surface area contributed by atoms with Gasteiger partial charge in [0.15, 0.2) is 0 Å². The van der Waals surface area contributed by atoms with Crippen LogP contribution in [0.25, 0.3) is 16.5 Å². The molecule has 156 valence electrons. The number of hydrogen-bond acceptors (Lipinski definition) is 3. The van der Waals surface area contributed by atoms with Gasteiger partial charge in [0, 0.05) is 23.6 Å². The molecule has 1 aromatic carbocycles. The van der Waals surface area contributed by atoms with Gasteiger partial charge in [-0.2, -0.15) is 0 Å². The molecule has 2 aliphatic rings. The largest absolute Gasteiger partial charge is 0.481 e. The Kier molecular flexibility index (Phi) is 4.85. The summed E-state index contributed by atoms with van der Waals surface area (Å²) >= 11 is 0. The molecule has 0 unspecified atom stereocenters. The van der Waals surface area contributed by atoms with Crippen molar-refractivity contribution in [3.05, 3.63) is 41.6 Å². The first-order valence-electron chi connectivity index (χ1n) is 10.1. The fourth-order valence-corrected chi connectivity index (χ4v) is 4.39. The van der Waals surface area contributed by atoms with E-state index in [9.17, 15) is 14.7 Å². The summed E-state index contributed by atoms with van der Waals surface area (Å²) in [5, 5.41) is 10.8. The van der Waals surface area contributed by atoms with Crippen molar-refractivity contribution >= 4 is 28.5 Å². The van der Waals surface area contributed by atoms with E-state index in [1.165, 1.54) is 0 Å². The SMILES string of the molecule is CC#CCn1cc2c3c(cccc31)C1=C[C@@H](C(=O)O)CN(C(=O)OC(C)(C)C)[C@@H]1C2. The van der Waals surface area contributed by atoms with Crippen molar-refractivity contribution in [2.75, 3.05) is 6.54 Å². The fourth-order valence-electron chi connectivity index (χ4n) is 4.39. The number of nitrogens with zero attached hydrogens (tertiary/aromatic N) is 2. The van der Waals surface area contributed by atoms with Gasteiger partial charge in [-0.25, -0.2) is 4.79 Å². The first-order chi connectivity index (χ1) is 14.2. The van der Waals surface area contributed by atoms with Crippen molar-refractivity contribution in [2.45, 2.75) is 52.3 Å². The Morgan fingerprint density at radius 3 is 2.73 bits per heavy atom. The van der Waals surface area contributed by atoms with Crippen LogP contribution in [0.4, 0.5) is 4.79 Å². The third-order valence-electron chi connectivity index (χ3n) is 5.59. The number of hydrogen-bond donors (Lipinski definition) is 1. The van der Waals surface area contributed by atoms with Crippen LogP contribution in [0.15, 0.2) is 30.5 Å². The van der Waals surface area contributed by atoms with Gasteiger partial charge >= 0.3 is 12.1 Å². The van der Waals surface area contributed by atoms with E-state index in [2.05, 4.69) is 28.7 Å². The molecule has 6 nitrogen and oxygen atoms in total. The highest BCUT2D eigenvalue weighted by Crippen LogP contribution is 2.42. The van der Waals surface area contributed by atoms with Gasteiger partial charge in [-0.05, 0) is 56.9 Å². The van der Waals surface area contributed by atoms with Crippen LogP contribution in [-0.4, -0.2) is 44.8 Å². The van der Waals surface area contributed by atoms with Crippen molar-refractivity contribution < 1.29 is 19.4 Å². The number of carboxylic acids is 1. The van der Waals surface area contributed by atoms with E-state index in [-0.39, 0.29) is 12.6 Å². The molecule has 1 amide bonds. The summed E-state index contributed by atoms with van der Waals surface area (Å²) in [5.74, 6) is 4.33. The van der Waals surface area contributed by atoms with Gasteiger partial charge in [-0.15, -0.1) is 5.92 Å². The quantitative estimate of drug-likeness (QED) is 0.768. The van der Waals surface area contributed by atoms with Crippen LogP contribution in [0.3, 0.4) is 0 Å². The maximum Gasteiger partial charge on any atom is 0.410 e. The highest BCUT2D eigenvalue weighted by molar-refractivity contribution is 6.00. The minimum atomic E-state index is -0.941. The lowest BCUT2D eigenvalue weighted by Crippen LogP contribution is -2.51. The number of aromatic nitrogens is 1. The predicted octanol–water partition coefficient (Wildman–Crippen LogP) is 3.92. The van der Waals surface area contributed by atoms with Crippen LogP contribution in [0, 0.1) is 17.8 Å². The van der Waals surface area contributed by atoms with Crippen LogP contribution in [0.1, 0.15) is 38.8 Å². The normalized spacial score (nSPS) is 20.1. The zero-order valence-electron chi connectivity index (χ0n) is 17.7. The molecule has 2 atom stereocenters. The smallest absolute Gasteiger partial charge is 0.410 e. The summed E-state index contributed by atoms with van der Waals surface area (Å²) in [5.41, 5.74) is 3.44. The topological polar surface area (TPSA) is 71.8 Å². The molecule has 1 aromatic heterocycles. The summed E-state index contributed by atoms with van der Waals surface area (Å²) in [4.78, 5) is 26.4. The number of benzene rings is 1. The Morgan fingerprint density at radius 2 is 2.07 bits per heavy atom. The second-order valence-electron chi connectivity index (χ2n) is 8.83. The molecule has 1 aliphatic carbocycles. The van der Waals surface area contributed by atoms with Crippen LogP contribution >= 0.6 is 0 Å². The highest BCUT2D eigenvalue weighted by atomic mass is 16.6. The third kappa shape index (κ3) is 3.45. The van der Waals surface area contributed by atoms with Gasteiger partial charge in [0.25, 0.3) is 0 Å². The monoisotopic (exact) mass is 406 g/mol. The summed E-state index contributed by atoms with van der Waals surface area (Å²) in [7, 11) is 0. The van der Waals surface area contributed by atoms with Crippen molar-refractivity contribution in [2.24, 2.45) is 5.92 Å². The molecule has 0 saturated carbocycles. The summed E-state index contributed by atoms with van der Waals surface area (Å²) in [6.07, 6.45) is 4.06. The molecule has 6 heteroatoms. The second kappa shape index (κ2) is 7.24. The average Bonchev–Trinajstić information content (AvgIpc) is 3.03. The molecule has 1 N–H and O–H groups in total. The molecule has 0 radical (unpaired) electrons. The number of aliphatic carboxylic acids is 1. The van der Waals surface area contributed by atoms with Gasteiger partial charge in [0.1, 0.15) is 5.60 Å². The standard InChI is InChI=1S/C24H26N2O4/c1-5-6-10-25-13-15-12-20-18(17-8-7-9-19(25)21(15)17)11-16(22(27)28)14-26(20)23(29)30-24(2,3)4/h7-9,11,13,16,20H,10,12,14H2,1-4H3,(H,27,28)/t16-,20-/m1/s1. The maximum absolute atomic E-state index is 13.0. The molecule has 30 heavy (non-hydrogen) atoms. The Morgan fingerprint density at radius 1 is 1.30 bits per heavy atom. The van der Waals surface area contributed by atoms with E-state index in [0.717, 1.165) is 27.6 Å². The third-order valence-corrected chi connectivity index (χ3v) is 5.59. The van der Waals surface area contributed by atoms with E-state index in [1.54, 1.807) is 4.90 Å². The number of rotatable bonds is 2. The van der Waals surface area contributed by atoms with Gasteiger partial charge in [0.2, 0.25) is 0 Å². The number of carbonyl (C=O) groups is 2. The summed E-state index contributed by atoms with van der Waals surface area (Å²) in [6.45, 7) is 7.96. The van der Waals surface area contributed by atoms with Crippen LogP contribution in [-0.2, 0) is 22.5 Å².